The Labute approximate surface area is 281 Å². The van der Waals surface area contributed by atoms with Crippen LogP contribution in [0.3, 0.4) is 0 Å². The molecule has 0 spiro atoms. The summed E-state index contributed by atoms with van der Waals surface area (Å²) in [6.07, 6.45) is 4.15. The molecule has 0 saturated carbocycles. The van der Waals surface area contributed by atoms with Crippen molar-refractivity contribution in [2.45, 2.75) is 6.04 Å². The standard InChI is InChI=1S/C46H34N2/c47-45(35-19-8-3-9-20-35)30-46(43-28-36(32-14-4-1-5-15-32)25-26-40(43)33-16-6-2-7-17-33)48-31-44-39-23-13-11-21-37(39)29-42-38-22-12-10-18-34(38)24-27-41(42)44/h1-31,45H,47H2/b46-30-,48-31?. The quantitative estimate of drug-likeness (QED) is 0.108. The molecule has 0 aromatic heterocycles. The minimum atomic E-state index is -0.351. The molecule has 2 N–H and O–H groups in total. The van der Waals surface area contributed by atoms with E-state index in [0.29, 0.717) is 0 Å². The average Bonchev–Trinajstić information content (AvgIpc) is 3.16. The molecule has 0 saturated heterocycles. The van der Waals surface area contributed by atoms with E-state index in [1.165, 1.54) is 26.9 Å². The van der Waals surface area contributed by atoms with Gasteiger partial charge in [0.2, 0.25) is 0 Å². The van der Waals surface area contributed by atoms with E-state index < -0.39 is 0 Å². The van der Waals surface area contributed by atoms with Gasteiger partial charge in [-0.2, -0.15) is 0 Å². The highest BCUT2D eigenvalue weighted by molar-refractivity contribution is 6.20. The van der Waals surface area contributed by atoms with E-state index in [-0.39, 0.29) is 6.04 Å². The number of nitrogens with two attached hydrogens (primary N) is 1. The van der Waals surface area contributed by atoms with Crippen LogP contribution in [0, 0.1) is 0 Å². The van der Waals surface area contributed by atoms with Crippen molar-refractivity contribution in [3.63, 3.8) is 0 Å². The van der Waals surface area contributed by atoms with Gasteiger partial charge in [0.05, 0.1) is 11.7 Å². The first-order chi connectivity index (χ1) is 23.7. The lowest BCUT2D eigenvalue weighted by molar-refractivity contribution is 0.911. The number of hydrogen-bond donors (Lipinski definition) is 1. The van der Waals surface area contributed by atoms with E-state index in [1.807, 2.05) is 24.4 Å². The lowest BCUT2D eigenvalue weighted by Gasteiger charge is -2.16. The summed E-state index contributed by atoms with van der Waals surface area (Å²) in [5.41, 5.74) is 15.4. The molecule has 1 unspecified atom stereocenters. The van der Waals surface area contributed by atoms with E-state index >= 15 is 0 Å². The predicted molar refractivity (Wildman–Crippen MR) is 205 cm³/mol. The summed E-state index contributed by atoms with van der Waals surface area (Å²) in [5, 5.41) is 7.20. The molecule has 0 radical (unpaired) electrons. The highest BCUT2D eigenvalue weighted by Gasteiger charge is 2.15. The molecule has 8 rings (SSSR count). The Balaban J connectivity index is 1.38. The molecule has 8 aromatic rings. The van der Waals surface area contributed by atoms with Gasteiger partial charge in [0.1, 0.15) is 0 Å². The molecule has 48 heavy (non-hydrogen) atoms. The third-order valence-electron chi connectivity index (χ3n) is 9.15. The third kappa shape index (κ3) is 5.71. The van der Waals surface area contributed by atoms with Crippen LogP contribution in [0.4, 0.5) is 0 Å². The zero-order chi connectivity index (χ0) is 32.3. The van der Waals surface area contributed by atoms with Crippen molar-refractivity contribution < 1.29 is 0 Å². The van der Waals surface area contributed by atoms with Crippen molar-refractivity contribution in [2.75, 3.05) is 0 Å². The Kier molecular flexibility index (Phi) is 7.92. The van der Waals surface area contributed by atoms with Crippen LogP contribution in [0.2, 0.25) is 0 Å². The number of aliphatic imine (C=N–C) groups is 1. The van der Waals surface area contributed by atoms with Crippen LogP contribution in [-0.4, -0.2) is 6.21 Å². The van der Waals surface area contributed by atoms with Gasteiger partial charge in [-0.15, -0.1) is 0 Å². The highest BCUT2D eigenvalue weighted by atomic mass is 14.7. The zero-order valence-corrected chi connectivity index (χ0v) is 26.5. The molecule has 8 aromatic carbocycles. The molecular formula is C46H34N2. The highest BCUT2D eigenvalue weighted by Crippen LogP contribution is 2.37. The molecule has 0 aliphatic heterocycles. The van der Waals surface area contributed by atoms with Gasteiger partial charge in [0, 0.05) is 17.3 Å². The lowest BCUT2D eigenvalue weighted by Crippen LogP contribution is -2.08. The topological polar surface area (TPSA) is 38.4 Å². The van der Waals surface area contributed by atoms with E-state index in [1.54, 1.807) is 0 Å². The van der Waals surface area contributed by atoms with E-state index in [0.717, 1.165) is 50.0 Å². The van der Waals surface area contributed by atoms with E-state index in [9.17, 15) is 0 Å². The first-order valence-electron chi connectivity index (χ1n) is 16.4. The molecular weight excluding hydrogens is 581 g/mol. The normalized spacial score (nSPS) is 12.6. The number of nitrogens with zero attached hydrogens (tertiary/aromatic N) is 1. The first kappa shape index (κ1) is 29.3. The second-order valence-corrected chi connectivity index (χ2v) is 12.1. The van der Waals surface area contributed by atoms with Crippen LogP contribution in [-0.2, 0) is 0 Å². The van der Waals surface area contributed by atoms with Crippen molar-refractivity contribution in [3.8, 4) is 22.3 Å². The minimum absolute atomic E-state index is 0.351. The molecule has 0 aliphatic carbocycles. The summed E-state index contributed by atoms with van der Waals surface area (Å²) in [7, 11) is 0. The Morgan fingerprint density at radius 1 is 0.479 bits per heavy atom. The van der Waals surface area contributed by atoms with Crippen molar-refractivity contribution in [1.29, 1.82) is 0 Å². The van der Waals surface area contributed by atoms with Gasteiger partial charge in [-0.25, -0.2) is 0 Å². The van der Waals surface area contributed by atoms with Crippen LogP contribution < -0.4 is 5.73 Å². The second kappa shape index (κ2) is 13.0. The van der Waals surface area contributed by atoms with Crippen molar-refractivity contribution >= 4 is 44.2 Å². The van der Waals surface area contributed by atoms with Crippen molar-refractivity contribution in [2.24, 2.45) is 10.7 Å². The fourth-order valence-electron chi connectivity index (χ4n) is 6.71. The van der Waals surface area contributed by atoms with Gasteiger partial charge in [0.25, 0.3) is 0 Å². The molecule has 228 valence electrons. The number of benzene rings is 8. The molecule has 0 fully saturated rings. The maximum Gasteiger partial charge on any atom is 0.0687 e. The van der Waals surface area contributed by atoms with E-state index in [4.69, 9.17) is 10.7 Å². The predicted octanol–water partition coefficient (Wildman–Crippen LogP) is 11.6. The van der Waals surface area contributed by atoms with Gasteiger partial charge in [-0.05, 0) is 78.3 Å². The maximum atomic E-state index is 6.93. The fraction of sp³-hybridized carbons (Fsp3) is 0.0217. The van der Waals surface area contributed by atoms with Crippen LogP contribution in [0.25, 0.3) is 60.3 Å². The van der Waals surface area contributed by atoms with Gasteiger partial charge in [-0.3, -0.25) is 4.99 Å². The molecule has 1 atom stereocenters. The summed E-state index contributed by atoms with van der Waals surface area (Å²) in [4.78, 5) is 5.39. The van der Waals surface area contributed by atoms with Gasteiger partial charge >= 0.3 is 0 Å². The SMILES string of the molecule is NC(/C=C(\N=Cc1c2ccccc2cc2c1ccc1ccccc12)c1cc(-c2ccccc2)ccc1-c1ccccc1)c1ccccc1. The van der Waals surface area contributed by atoms with Crippen LogP contribution >= 0.6 is 0 Å². The van der Waals surface area contributed by atoms with Crippen molar-refractivity contribution in [3.05, 3.63) is 199 Å². The Morgan fingerprint density at radius 3 is 1.85 bits per heavy atom. The molecule has 0 amide bonds. The fourth-order valence-corrected chi connectivity index (χ4v) is 6.71. The zero-order valence-electron chi connectivity index (χ0n) is 26.5. The average molecular weight is 615 g/mol. The van der Waals surface area contributed by atoms with Crippen LogP contribution in [0.15, 0.2) is 187 Å². The molecule has 2 heteroatoms. The Morgan fingerprint density at radius 2 is 1.10 bits per heavy atom. The summed E-state index contributed by atoms with van der Waals surface area (Å²) in [5.74, 6) is 0. The lowest BCUT2D eigenvalue weighted by atomic mass is 9.92. The summed E-state index contributed by atoms with van der Waals surface area (Å²) >= 11 is 0. The van der Waals surface area contributed by atoms with Gasteiger partial charge in [-0.1, -0.05) is 164 Å². The monoisotopic (exact) mass is 614 g/mol. The van der Waals surface area contributed by atoms with Crippen LogP contribution in [0.1, 0.15) is 22.7 Å². The van der Waals surface area contributed by atoms with Gasteiger partial charge < -0.3 is 5.73 Å². The summed E-state index contributed by atoms with van der Waals surface area (Å²) in [6.45, 7) is 0. The van der Waals surface area contributed by atoms with Crippen LogP contribution in [0.5, 0.6) is 0 Å². The number of fused-ring (bicyclic) bond motifs is 4. The maximum absolute atomic E-state index is 6.93. The molecule has 0 aliphatic rings. The summed E-state index contributed by atoms with van der Waals surface area (Å²) < 4.78 is 0. The molecule has 0 heterocycles. The number of hydrogen-bond acceptors (Lipinski definition) is 2. The summed E-state index contributed by atoms with van der Waals surface area (Å²) in [6, 6.07) is 61.5. The number of rotatable bonds is 7. The van der Waals surface area contributed by atoms with E-state index in [2.05, 4.69) is 164 Å². The smallest absolute Gasteiger partial charge is 0.0687 e. The molecule has 0 bridgehead atoms. The minimum Gasteiger partial charge on any atom is -0.321 e. The van der Waals surface area contributed by atoms with Gasteiger partial charge in [0.15, 0.2) is 0 Å². The molecule has 2 nitrogen and oxygen atoms in total. The largest absolute Gasteiger partial charge is 0.321 e. The second-order valence-electron chi connectivity index (χ2n) is 12.1. The Bertz CT molecular complexity index is 2440. The third-order valence-corrected chi connectivity index (χ3v) is 9.15. The van der Waals surface area contributed by atoms with Crippen molar-refractivity contribution in [1.82, 2.24) is 0 Å². The first-order valence-corrected chi connectivity index (χ1v) is 16.4. The Hall–Kier alpha value is -6.09.